The van der Waals surface area contributed by atoms with E-state index in [2.05, 4.69) is 19.2 Å². The number of carbonyl (C=O) groups is 1. The van der Waals surface area contributed by atoms with Crippen molar-refractivity contribution >= 4 is 28.6 Å². The Morgan fingerprint density at radius 1 is 1.36 bits per heavy atom. The Hall–Kier alpha value is -1.86. The molecule has 0 bridgehead atoms. The van der Waals surface area contributed by atoms with E-state index >= 15 is 0 Å². The zero-order chi connectivity index (χ0) is 20.1. The number of rotatable bonds is 8. The van der Waals surface area contributed by atoms with Gasteiger partial charge in [-0.15, -0.1) is 0 Å². The number of hydrogen-bond acceptors (Lipinski definition) is 5. The van der Waals surface area contributed by atoms with Crippen LogP contribution in [0.2, 0.25) is 0 Å². The molecule has 1 amide bonds. The van der Waals surface area contributed by atoms with Crippen molar-refractivity contribution in [2.45, 2.75) is 63.1 Å². The summed E-state index contributed by atoms with van der Waals surface area (Å²) >= 11 is 1.33. The number of nitrogens with zero attached hydrogens (tertiary/aromatic N) is 2. The van der Waals surface area contributed by atoms with Crippen LogP contribution >= 0.6 is 11.8 Å². The molecule has 1 fully saturated rings. The lowest BCUT2D eigenvalue weighted by Gasteiger charge is -2.18. The second-order valence-electron chi connectivity index (χ2n) is 7.70. The third-order valence-electron chi connectivity index (χ3n) is 4.91. The number of para-hydroxylation sites is 1. The Balaban J connectivity index is 1.83. The molecule has 2 aromatic rings. The van der Waals surface area contributed by atoms with Gasteiger partial charge in [0.05, 0.1) is 28.8 Å². The standard InChI is InChI=1S/C21H29N3O3S/c1-14(2)10-11-22-19(25)15(3)28-21-23-18-9-5-4-8-17(18)20(26)24(21)13-16-7-6-12-27-16/h4-5,8-9,14-16H,6-7,10-13H2,1-3H3,(H,22,25). The van der Waals surface area contributed by atoms with Gasteiger partial charge in [0.1, 0.15) is 0 Å². The van der Waals surface area contributed by atoms with Crippen molar-refractivity contribution in [1.82, 2.24) is 14.9 Å². The summed E-state index contributed by atoms with van der Waals surface area (Å²) in [5.41, 5.74) is 0.585. The van der Waals surface area contributed by atoms with Gasteiger partial charge in [-0.2, -0.15) is 0 Å². The van der Waals surface area contributed by atoms with E-state index in [0.29, 0.717) is 35.1 Å². The van der Waals surface area contributed by atoms with Gasteiger partial charge < -0.3 is 10.1 Å². The minimum absolute atomic E-state index is 0.0233. The fourth-order valence-electron chi connectivity index (χ4n) is 3.23. The Labute approximate surface area is 170 Å². The molecule has 1 aliphatic heterocycles. The fraction of sp³-hybridized carbons (Fsp3) is 0.571. The third-order valence-corrected chi connectivity index (χ3v) is 6.00. The monoisotopic (exact) mass is 403 g/mol. The molecule has 152 valence electrons. The lowest BCUT2D eigenvalue weighted by Crippen LogP contribution is -2.34. The van der Waals surface area contributed by atoms with E-state index in [0.717, 1.165) is 25.9 Å². The molecule has 2 unspecified atom stereocenters. The molecule has 3 rings (SSSR count). The summed E-state index contributed by atoms with van der Waals surface area (Å²) in [7, 11) is 0. The van der Waals surface area contributed by atoms with E-state index in [-0.39, 0.29) is 22.8 Å². The maximum Gasteiger partial charge on any atom is 0.262 e. The van der Waals surface area contributed by atoms with Gasteiger partial charge in [0.2, 0.25) is 5.91 Å². The van der Waals surface area contributed by atoms with Crippen LogP contribution in [0, 0.1) is 5.92 Å². The average Bonchev–Trinajstić information content (AvgIpc) is 3.17. The number of benzene rings is 1. The highest BCUT2D eigenvalue weighted by atomic mass is 32.2. The van der Waals surface area contributed by atoms with Crippen LogP contribution < -0.4 is 10.9 Å². The van der Waals surface area contributed by atoms with E-state index < -0.39 is 0 Å². The number of hydrogen-bond donors (Lipinski definition) is 1. The number of ether oxygens (including phenoxy) is 1. The molecule has 6 nitrogen and oxygen atoms in total. The smallest absolute Gasteiger partial charge is 0.262 e. The highest BCUT2D eigenvalue weighted by molar-refractivity contribution is 8.00. The van der Waals surface area contributed by atoms with Gasteiger partial charge in [0.15, 0.2) is 5.16 Å². The summed E-state index contributed by atoms with van der Waals surface area (Å²) in [6.45, 7) is 7.99. The molecule has 1 saturated heterocycles. The molecule has 0 aliphatic carbocycles. The molecule has 2 atom stereocenters. The van der Waals surface area contributed by atoms with Crippen LogP contribution in [0.1, 0.15) is 40.0 Å². The normalized spacial score (nSPS) is 17.9. The lowest BCUT2D eigenvalue weighted by molar-refractivity contribution is -0.120. The van der Waals surface area contributed by atoms with Crippen LogP contribution in [0.4, 0.5) is 0 Å². The van der Waals surface area contributed by atoms with Gasteiger partial charge in [-0.05, 0) is 44.2 Å². The zero-order valence-corrected chi connectivity index (χ0v) is 17.6. The Bertz CT molecular complexity index is 875. The summed E-state index contributed by atoms with van der Waals surface area (Å²) in [5, 5.41) is 3.81. The molecule has 0 radical (unpaired) electrons. The predicted molar refractivity (Wildman–Crippen MR) is 113 cm³/mol. The molecule has 7 heteroatoms. The van der Waals surface area contributed by atoms with E-state index in [1.54, 1.807) is 10.6 Å². The van der Waals surface area contributed by atoms with E-state index in [4.69, 9.17) is 9.72 Å². The van der Waals surface area contributed by atoms with E-state index in [9.17, 15) is 9.59 Å². The molecule has 1 aliphatic rings. The van der Waals surface area contributed by atoms with Crippen LogP contribution in [0.3, 0.4) is 0 Å². The summed E-state index contributed by atoms with van der Waals surface area (Å²) in [6.07, 6.45) is 2.92. The van der Waals surface area contributed by atoms with Crippen LogP contribution in [-0.4, -0.2) is 40.0 Å². The van der Waals surface area contributed by atoms with Crippen molar-refractivity contribution in [2.75, 3.05) is 13.2 Å². The summed E-state index contributed by atoms with van der Waals surface area (Å²) in [4.78, 5) is 30.2. The van der Waals surface area contributed by atoms with Crippen LogP contribution in [0.5, 0.6) is 0 Å². The fourth-order valence-corrected chi connectivity index (χ4v) is 4.17. The van der Waals surface area contributed by atoms with Crippen molar-refractivity contribution in [3.8, 4) is 0 Å². The number of carbonyl (C=O) groups excluding carboxylic acids is 1. The Morgan fingerprint density at radius 3 is 2.86 bits per heavy atom. The lowest BCUT2D eigenvalue weighted by atomic mass is 10.1. The topological polar surface area (TPSA) is 73.2 Å². The predicted octanol–water partition coefficient (Wildman–Crippen LogP) is 3.22. The summed E-state index contributed by atoms with van der Waals surface area (Å²) in [6, 6.07) is 7.35. The molecule has 0 saturated carbocycles. The summed E-state index contributed by atoms with van der Waals surface area (Å²) < 4.78 is 7.41. The minimum atomic E-state index is -0.337. The summed E-state index contributed by atoms with van der Waals surface area (Å²) in [5.74, 6) is 0.513. The van der Waals surface area contributed by atoms with Crippen molar-refractivity contribution in [3.05, 3.63) is 34.6 Å². The van der Waals surface area contributed by atoms with Crippen molar-refractivity contribution in [1.29, 1.82) is 0 Å². The first-order chi connectivity index (χ1) is 13.5. The van der Waals surface area contributed by atoms with Crippen LogP contribution in [0.15, 0.2) is 34.2 Å². The van der Waals surface area contributed by atoms with Crippen molar-refractivity contribution in [2.24, 2.45) is 5.92 Å². The maximum atomic E-state index is 13.1. The third kappa shape index (κ3) is 5.14. The first kappa shape index (κ1) is 20.9. The average molecular weight is 404 g/mol. The quantitative estimate of drug-likeness (QED) is 0.541. The first-order valence-electron chi connectivity index (χ1n) is 10.0. The van der Waals surface area contributed by atoms with Crippen molar-refractivity contribution < 1.29 is 9.53 Å². The highest BCUT2D eigenvalue weighted by Crippen LogP contribution is 2.24. The minimum Gasteiger partial charge on any atom is -0.376 e. The molecular formula is C21H29N3O3S. The van der Waals surface area contributed by atoms with Gasteiger partial charge in [0, 0.05) is 13.2 Å². The van der Waals surface area contributed by atoms with Crippen LogP contribution in [0.25, 0.3) is 10.9 Å². The van der Waals surface area contributed by atoms with Gasteiger partial charge in [-0.25, -0.2) is 4.98 Å². The number of amides is 1. The van der Waals surface area contributed by atoms with Gasteiger partial charge in [0.25, 0.3) is 5.56 Å². The molecule has 1 aromatic carbocycles. The number of thioether (sulfide) groups is 1. The Morgan fingerprint density at radius 2 is 2.14 bits per heavy atom. The zero-order valence-electron chi connectivity index (χ0n) is 16.8. The maximum absolute atomic E-state index is 13.1. The highest BCUT2D eigenvalue weighted by Gasteiger charge is 2.23. The second-order valence-corrected chi connectivity index (χ2v) is 9.00. The van der Waals surface area contributed by atoms with E-state index in [1.807, 2.05) is 25.1 Å². The van der Waals surface area contributed by atoms with Gasteiger partial charge >= 0.3 is 0 Å². The molecule has 1 aromatic heterocycles. The number of nitrogens with one attached hydrogen (secondary N) is 1. The van der Waals surface area contributed by atoms with E-state index in [1.165, 1.54) is 11.8 Å². The van der Waals surface area contributed by atoms with Crippen molar-refractivity contribution in [3.63, 3.8) is 0 Å². The van der Waals surface area contributed by atoms with Gasteiger partial charge in [-0.1, -0.05) is 37.7 Å². The second kappa shape index (κ2) is 9.56. The van der Waals surface area contributed by atoms with Crippen LogP contribution in [-0.2, 0) is 16.1 Å². The SMILES string of the molecule is CC(C)CCNC(=O)C(C)Sc1nc2ccccc2c(=O)n1CC1CCCO1. The largest absolute Gasteiger partial charge is 0.376 e. The van der Waals surface area contributed by atoms with Gasteiger partial charge in [-0.3, -0.25) is 14.2 Å². The molecule has 28 heavy (non-hydrogen) atoms. The molecule has 2 heterocycles. The number of aromatic nitrogens is 2. The molecule has 0 spiro atoms. The molecular weight excluding hydrogens is 374 g/mol. The number of fused-ring (bicyclic) bond motifs is 1. The molecule has 1 N–H and O–H groups in total. The first-order valence-corrected chi connectivity index (χ1v) is 10.9. The Kier molecular flexibility index (Phi) is 7.13.